The number of nitrogens with one attached hydrogen (secondary N) is 1. The van der Waals surface area contributed by atoms with Gasteiger partial charge in [0.15, 0.2) is 0 Å². The zero-order valence-electron chi connectivity index (χ0n) is 14.1. The third-order valence-corrected chi connectivity index (χ3v) is 6.39. The largest absolute Gasteiger partial charge is 0.337 e. The zero-order chi connectivity index (χ0) is 18.9. The summed E-state index contributed by atoms with van der Waals surface area (Å²) in [5, 5.41) is 0. The molecule has 1 aromatic heterocycles. The monoisotopic (exact) mass is 438 g/mol. The van der Waals surface area contributed by atoms with E-state index < -0.39 is 9.84 Å². The molecule has 6 heteroatoms. The number of benzene rings is 3. The number of halogens is 1. The molecule has 27 heavy (non-hydrogen) atoms. The van der Waals surface area contributed by atoms with Crippen LogP contribution in [0, 0.1) is 0 Å². The van der Waals surface area contributed by atoms with Crippen molar-refractivity contribution in [2.45, 2.75) is 4.90 Å². The van der Waals surface area contributed by atoms with Crippen LogP contribution < -0.4 is 0 Å². The normalized spacial score (nSPS) is 12.4. The lowest BCUT2D eigenvalue weighted by molar-refractivity contribution is 0.606. The van der Waals surface area contributed by atoms with Gasteiger partial charge in [-0.15, -0.1) is 0 Å². The van der Waals surface area contributed by atoms with Gasteiger partial charge in [0.25, 0.3) is 0 Å². The Hall–Kier alpha value is -2.70. The van der Waals surface area contributed by atoms with E-state index in [4.69, 9.17) is 0 Å². The molecule has 0 saturated heterocycles. The van der Waals surface area contributed by atoms with E-state index in [1.807, 2.05) is 48.5 Å². The summed E-state index contributed by atoms with van der Waals surface area (Å²) in [6.45, 7) is 0. The second-order valence-corrected chi connectivity index (χ2v) is 8.82. The molecule has 134 valence electrons. The first-order valence-corrected chi connectivity index (χ1v) is 10.5. The van der Waals surface area contributed by atoms with Gasteiger partial charge in [-0.2, -0.15) is 0 Å². The summed E-state index contributed by atoms with van der Waals surface area (Å²) in [5.41, 5.74) is 2.27. The minimum atomic E-state index is -3.76. The van der Waals surface area contributed by atoms with Crippen LogP contribution in [0.25, 0.3) is 22.0 Å². The van der Waals surface area contributed by atoms with Crippen LogP contribution in [0.5, 0.6) is 0 Å². The van der Waals surface area contributed by atoms with Crippen LogP contribution in [0.15, 0.2) is 88.2 Å². The summed E-state index contributed by atoms with van der Waals surface area (Å²) in [7, 11) is -3.76. The minimum Gasteiger partial charge on any atom is -0.337 e. The summed E-state index contributed by atoms with van der Waals surface area (Å²) < 4.78 is 27.6. The molecular weight excluding hydrogens is 424 g/mol. The fourth-order valence-corrected chi connectivity index (χ4v) is 4.65. The molecule has 0 aliphatic rings. The van der Waals surface area contributed by atoms with Crippen molar-refractivity contribution in [2.75, 3.05) is 0 Å². The predicted molar refractivity (Wildman–Crippen MR) is 112 cm³/mol. The molecule has 4 rings (SSSR count). The van der Waals surface area contributed by atoms with Crippen molar-refractivity contribution < 1.29 is 8.42 Å². The Morgan fingerprint density at radius 1 is 0.926 bits per heavy atom. The van der Waals surface area contributed by atoms with Crippen molar-refractivity contribution in [3.8, 4) is 0 Å². The molecule has 0 bridgehead atoms. The Labute approximate surface area is 165 Å². The number of imidazole rings is 1. The van der Waals surface area contributed by atoms with Crippen molar-refractivity contribution in [1.29, 1.82) is 0 Å². The Morgan fingerprint density at radius 2 is 1.67 bits per heavy atom. The average molecular weight is 439 g/mol. The van der Waals surface area contributed by atoms with Crippen LogP contribution in [-0.4, -0.2) is 18.4 Å². The van der Waals surface area contributed by atoms with E-state index in [1.165, 1.54) is 0 Å². The molecule has 4 aromatic rings. The van der Waals surface area contributed by atoms with Crippen LogP contribution >= 0.6 is 15.9 Å². The lowest BCUT2D eigenvalue weighted by Crippen LogP contribution is -2.05. The highest BCUT2D eigenvalue weighted by Crippen LogP contribution is 2.30. The van der Waals surface area contributed by atoms with Crippen molar-refractivity contribution >= 4 is 47.8 Å². The Balaban J connectivity index is 1.95. The molecule has 0 unspecified atom stereocenters. The van der Waals surface area contributed by atoms with E-state index in [0.717, 1.165) is 21.1 Å². The number of nitrogens with zero attached hydrogens (tertiary/aromatic N) is 1. The van der Waals surface area contributed by atoms with Gasteiger partial charge in [0.1, 0.15) is 10.7 Å². The molecule has 0 atom stereocenters. The van der Waals surface area contributed by atoms with Crippen LogP contribution in [0.4, 0.5) is 0 Å². The number of H-pyrrole nitrogens is 1. The Bertz CT molecular complexity index is 1210. The molecule has 0 radical (unpaired) electrons. The first-order chi connectivity index (χ1) is 13.0. The SMILES string of the molecule is O=S(=O)(/C(=C/c1cccc(Br)c1)c1nc2ccccc2[nH]1)c1ccccc1. The van der Waals surface area contributed by atoms with E-state index in [9.17, 15) is 8.42 Å². The third-order valence-electron chi connectivity index (χ3n) is 4.11. The predicted octanol–water partition coefficient (Wildman–Crippen LogP) is 5.30. The number of hydrogen-bond donors (Lipinski definition) is 1. The van der Waals surface area contributed by atoms with Crippen molar-refractivity contribution in [3.05, 3.63) is 94.7 Å². The maximum atomic E-state index is 13.4. The minimum absolute atomic E-state index is 0.128. The van der Waals surface area contributed by atoms with E-state index in [-0.39, 0.29) is 9.80 Å². The van der Waals surface area contributed by atoms with E-state index in [0.29, 0.717) is 5.82 Å². The number of fused-ring (bicyclic) bond motifs is 1. The molecule has 0 amide bonds. The molecule has 1 heterocycles. The van der Waals surface area contributed by atoms with Gasteiger partial charge in [-0.05, 0) is 48.0 Å². The molecule has 0 aliphatic carbocycles. The van der Waals surface area contributed by atoms with Gasteiger partial charge < -0.3 is 4.98 Å². The summed E-state index contributed by atoms with van der Waals surface area (Å²) in [5.74, 6) is 0.319. The van der Waals surface area contributed by atoms with Crippen LogP contribution in [-0.2, 0) is 9.84 Å². The number of hydrogen-bond acceptors (Lipinski definition) is 3. The van der Waals surface area contributed by atoms with E-state index in [1.54, 1.807) is 36.4 Å². The van der Waals surface area contributed by atoms with Gasteiger partial charge >= 0.3 is 0 Å². The number of para-hydroxylation sites is 2. The number of aromatic nitrogens is 2. The Kier molecular flexibility index (Phi) is 4.68. The van der Waals surface area contributed by atoms with Gasteiger partial charge in [0.2, 0.25) is 9.84 Å². The lowest BCUT2D eigenvalue weighted by Gasteiger charge is -2.08. The van der Waals surface area contributed by atoms with Crippen molar-refractivity contribution in [1.82, 2.24) is 9.97 Å². The van der Waals surface area contributed by atoms with Gasteiger partial charge in [-0.1, -0.05) is 58.4 Å². The first-order valence-electron chi connectivity index (χ1n) is 8.26. The fourth-order valence-electron chi connectivity index (χ4n) is 2.82. The van der Waals surface area contributed by atoms with Gasteiger partial charge in [-0.25, -0.2) is 13.4 Å². The highest BCUT2D eigenvalue weighted by atomic mass is 79.9. The maximum Gasteiger partial charge on any atom is 0.210 e. The Morgan fingerprint density at radius 3 is 2.41 bits per heavy atom. The molecule has 4 nitrogen and oxygen atoms in total. The standard InChI is InChI=1S/C21H15BrN2O2S/c22-16-8-6-7-15(13-16)14-20(27(25,26)17-9-2-1-3-10-17)21-23-18-11-4-5-12-19(18)24-21/h1-14H,(H,23,24)/b20-14+. The summed E-state index contributed by atoms with van der Waals surface area (Å²) in [4.78, 5) is 8.00. The molecule has 0 spiro atoms. The quantitative estimate of drug-likeness (QED) is 0.470. The fraction of sp³-hybridized carbons (Fsp3) is 0. The summed E-state index contributed by atoms with van der Waals surface area (Å²) in [6, 6.07) is 23.3. The molecule has 3 aromatic carbocycles. The van der Waals surface area contributed by atoms with Crippen molar-refractivity contribution in [3.63, 3.8) is 0 Å². The molecular formula is C21H15BrN2O2S. The topological polar surface area (TPSA) is 62.8 Å². The third kappa shape index (κ3) is 3.59. The summed E-state index contributed by atoms with van der Waals surface area (Å²) >= 11 is 3.43. The lowest BCUT2D eigenvalue weighted by atomic mass is 10.2. The summed E-state index contributed by atoms with van der Waals surface area (Å²) in [6.07, 6.45) is 1.64. The molecule has 1 N–H and O–H groups in total. The van der Waals surface area contributed by atoms with Crippen LogP contribution in [0.1, 0.15) is 11.4 Å². The second kappa shape index (κ2) is 7.13. The van der Waals surface area contributed by atoms with E-state index >= 15 is 0 Å². The molecule has 0 saturated carbocycles. The average Bonchev–Trinajstić information content (AvgIpc) is 3.10. The van der Waals surface area contributed by atoms with Gasteiger partial charge in [-0.3, -0.25) is 0 Å². The molecule has 0 aliphatic heterocycles. The molecule has 0 fully saturated rings. The zero-order valence-corrected chi connectivity index (χ0v) is 16.5. The number of aromatic amines is 1. The maximum absolute atomic E-state index is 13.4. The first kappa shape index (κ1) is 17.7. The van der Waals surface area contributed by atoms with Crippen LogP contribution in [0.2, 0.25) is 0 Å². The number of rotatable bonds is 4. The van der Waals surface area contributed by atoms with Crippen molar-refractivity contribution in [2.24, 2.45) is 0 Å². The van der Waals surface area contributed by atoms with Gasteiger partial charge in [0, 0.05) is 4.47 Å². The number of sulfone groups is 1. The highest BCUT2D eigenvalue weighted by molar-refractivity contribution is 9.10. The van der Waals surface area contributed by atoms with Crippen LogP contribution in [0.3, 0.4) is 0 Å². The highest BCUT2D eigenvalue weighted by Gasteiger charge is 2.25. The van der Waals surface area contributed by atoms with Gasteiger partial charge in [0.05, 0.1) is 15.9 Å². The smallest absolute Gasteiger partial charge is 0.210 e. The van der Waals surface area contributed by atoms with E-state index in [2.05, 4.69) is 25.9 Å². The second-order valence-electron chi connectivity index (χ2n) is 5.98.